The van der Waals surface area contributed by atoms with Crippen LogP contribution >= 0.6 is 11.8 Å². The summed E-state index contributed by atoms with van der Waals surface area (Å²) >= 11 is 1.71. The summed E-state index contributed by atoms with van der Waals surface area (Å²) in [7, 11) is 0. The molecule has 2 saturated heterocycles. The van der Waals surface area contributed by atoms with Gasteiger partial charge in [-0.1, -0.05) is 0 Å². The minimum Gasteiger partial charge on any atom is -0.486 e. The third kappa shape index (κ3) is 3.35. The second-order valence-electron chi connectivity index (χ2n) is 6.58. The molecule has 1 N–H and O–H groups in total. The molecule has 0 spiro atoms. The maximum absolute atomic E-state index is 12.7. The fourth-order valence-corrected chi connectivity index (χ4v) is 4.76. The first-order chi connectivity index (χ1) is 11.8. The predicted molar refractivity (Wildman–Crippen MR) is 93.9 cm³/mol. The predicted octanol–water partition coefficient (Wildman–Crippen LogP) is 2.29. The Morgan fingerprint density at radius 2 is 2.00 bits per heavy atom. The van der Waals surface area contributed by atoms with Gasteiger partial charge in [-0.3, -0.25) is 4.79 Å². The van der Waals surface area contributed by atoms with Crippen molar-refractivity contribution < 1.29 is 14.3 Å². The summed E-state index contributed by atoms with van der Waals surface area (Å²) in [5.74, 6) is 2.75. The Kier molecular flexibility index (Phi) is 4.85. The first kappa shape index (κ1) is 16.1. The van der Waals surface area contributed by atoms with Crippen LogP contribution in [0.15, 0.2) is 23.1 Å². The van der Waals surface area contributed by atoms with Crippen molar-refractivity contribution in [3.05, 3.63) is 18.2 Å². The van der Waals surface area contributed by atoms with Crippen LogP contribution in [0.3, 0.4) is 0 Å². The van der Waals surface area contributed by atoms with Crippen molar-refractivity contribution in [3.63, 3.8) is 0 Å². The molecule has 0 radical (unpaired) electrons. The van der Waals surface area contributed by atoms with Crippen LogP contribution in [-0.4, -0.2) is 54.9 Å². The monoisotopic (exact) mass is 348 g/mol. The molecule has 5 nitrogen and oxygen atoms in total. The van der Waals surface area contributed by atoms with Crippen LogP contribution < -0.4 is 14.8 Å². The molecule has 2 bridgehead atoms. The van der Waals surface area contributed by atoms with E-state index in [2.05, 4.69) is 10.2 Å². The van der Waals surface area contributed by atoms with Crippen molar-refractivity contribution in [2.24, 2.45) is 0 Å². The van der Waals surface area contributed by atoms with Crippen LogP contribution in [0.1, 0.15) is 25.7 Å². The number of nitrogens with zero attached hydrogens (tertiary/aromatic N) is 1. The molecular formula is C18H24N2O3S. The standard InChI is InChI=1S/C18H24N2O3S/c21-18(20-13-1-2-14(20)12-19-7-5-13)6-10-24-15-3-4-16-17(11-15)23-9-8-22-16/h3-4,11,13-14,19H,1-2,5-10,12H2. The van der Waals surface area contributed by atoms with Crippen LogP contribution in [-0.2, 0) is 4.79 Å². The zero-order valence-corrected chi connectivity index (χ0v) is 14.6. The summed E-state index contributed by atoms with van der Waals surface area (Å²) in [6, 6.07) is 6.88. The van der Waals surface area contributed by atoms with Gasteiger partial charge in [0.25, 0.3) is 0 Å². The highest BCUT2D eigenvalue weighted by Gasteiger charge is 2.37. The number of hydrogen-bond donors (Lipinski definition) is 1. The van der Waals surface area contributed by atoms with Gasteiger partial charge >= 0.3 is 0 Å². The number of carbonyl (C=O) groups is 1. The molecule has 3 heterocycles. The Hall–Kier alpha value is -1.40. The van der Waals surface area contributed by atoms with Gasteiger partial charge in [0.05, 0.1) is 0 Å². The molecule has 6 heteroatoms. The van der Waals surface area contributed by atoms with Gasteiger partial charge in [0.1, 0.15) is 13.2 Å². The number of amides is 1. The lowest BCUT2D eigenvalue weighted by atomic mass is 10.1. The molecule has 2 unspecified atom stereocenters. The molecule has 1 aromatic rings. The average molecular weight is 348 g/mol. The van der Waals surface area contributed by atoms with Gasteiger partial charge in [0.2, 0.25) is 5.91 Å². The van der Waals surface area contributed by atoms with Crippen molar-refractivity contribution >= 4 is 17.7 Å². The number of ether oxygens (including phenoxy) is 2. The van der Waals surface area contributed by atoms with Crippen molar-refractivity contribution in [1.29, 1.82) is 0 Å². The lowest BCUT2D eigenvalue weighted by Crippen LogP contribution is -2.42. The molecule has 3 aliphatic heterocycles. The Morgan fingerprint density at radius 3 is 2.92 bits per heavy atom. The van der Waals surface area contributed by atoms with Gasteiger partial charge in [-0.05, 0) is 44.0 Å². The topological polar surface area (TPSA) is 50.8 Å². The Bertz CT molecular complexity index is 596. The van der Waals surface area contributed by atoms with E-state index in [-0.39, 0.29) is 0 Å². The van der Waals surface area contributed by atoms with Gasteiger partial charge in [-0.15, -0.1) is 11.8 Å². The van der Waals surface area contributed by atoms with E-state index in [1.807, 2.05) is 18.2 Å². The van der Waals surface area contributed by atoms with Gasteiger partial charge in [0.15, 0.2) is 11.5 Å². The molecule has 1 aromatic carbocycles. The lowest BCUT2D eigenvalue weighted by molar-refractivity contribution is -0.133. The Morgan fingerprint density at radius 1 is 1.17 bits per heavy atom. The van der Waals surface area contributed by atoms with Crippen LogP contribution in [0.2, 0.25) is 0 Å². The Balaban J connectivity index is 1.31. The number of hydrogen-bond acceptors (Lipinski definition) is 5. The summed E-state index contributed by atoms with van der Waals surface area (Å²) in [4.78, 5) is 16.0. The highest BCUT2D eigenvalue weighted by molar-refractivity contribution is 7.99. The second kappa shape index (κ2) is 7.23. The van der Waals surface area contributed by atoms with Gasteiger partial charge in [0, 0.05) is 35.7 Å². The zero-order valence-electron chi connectivity index (χ0n) is 13.8. The van der Waals surface area contributed by atoms with E-state index in [0.29, 0.717) is 37.6 Å². The minimum atomic E-state index is 0.316. The van der Waals surface area contributed by atoms with E-state index in [1.54, 1.807) is 11.8 Å². The molecule has 0 aliphatic carbocycles. The summed E-state index contributed by atoms with van der Waals surface area (Å²) < 4.78 is 11.2. The van der Waals surface area contributed by atoms with Crippen molar-refractivity contribution in [2.75, 3.05) is 32.1 Å². The summed E-state index contributed by atoms with van der Waals surface area (Å²) in [5.41, 5.74) is 0. The fraction of sp³-hybridized carbons (Fsp3) is 0.611. The first-order valence-electron chi connectivity index (χ1n) is 8.85. The van der Waals surface area contributed by atoms with Crippen LogP contribution in [0.5, 0.6) is 11.5 Å². The number of thioether (sulfide) groups is 1. The third-order valence-electron chi connectivity index (χ3n) is 5.04. The first-order valence-corrected chi connectivity index (χ1v) is 9.84. The SMILES string of the molecule is O=C(CCSc1ccc2c(c1)OCCO2)N1C2CCNCC1CC2. The quantitative estimate of drug-likeness (QED) is 0.846. The van der Waals surface area contributed by atoms with Gasteiger partial charge in [-0.2, -0.15) is 0 Å². The molecular weight excluding hydrogens is 324 g/mol. The van der Waals surface area contributed by atoms with Gasteiger partial charge in [-0.25, -0.2) is 0 Å². The van der Waals surface area contributed by atoms with Crippen LogP contribution in [0.4, 0.5) is 0 Å². The van der Waals surface area contributed by atoms with Crippen LogP contribution in [0.25, 0.3) is 0 Å². The summed E-state index contributed by atoms with van der Waals surface area (Å²) in [6.45, 7) is 3.21. The molecule has 0 saturated carbocycles. The number of benzene rings is 1. The van der Waals surface area contributed by atoms with Crippen molar-refractivity contribution in [2.45, 2.75) is 42.7 Å². The smallest absolute Gasteiger partial charge is 0.223 e. The van der Waals surface area contributed by atoms with E-state index < -0.39 is 0 Å². The molecule has 0 aromatic heterocycles. The van der Waals surface area contributed by atoms with Crippen LogP contribution in [0, 0.1) is 0 Å². The summed E-state index contributed by atoms with van der Waals surface area (Å²) in [5, 5.41) is 3.45. The van der Waals surface area contributed by atoms with E-state index >= 15 is 0 Å². The van der Waals surface area contributed by atoms with E-state index in [9.17, 15) is 4.79 Å². The number of carbonyl (C=O) groups excluding carboxylic acids is 1. The number of rotatable bonds is 4. The lowest BCUT2D eigenvalue weighted by Gasteiger charge is -2.28. The zero-order chi connectivity index (χ0) is 16.4. The van der Waals surface area contributed by atoms with E-state index in [1.165, 1.54) is 6.42 Å². The molecule has 1 amide bonds. The van der Waals surface area contributed by atoms with Crippen molar-refractivity contribution in [1.82, 2.24) is 10.2 Å². The van der Waals surface area contributed by atoms with Gasteiger partial charge < -0.3 is 19.7 Å². The molecule has 130 valence electrons. The number of nitrogens with one attached hydrogen (secondary N) is 1. The average Bonchev–Trinajstić information content (AvgIpc) is 2.87. The fourth-order valence-electron chi connectivity index (χ4n) is 3.89. The molecule has 3 aliphatic rings. The van der Waals surface area contributed by atoms with E-state index in [0.717, 1.165) is 48.1 Å². The highest BCUT2D eigenvalue weighted by atomic mass is 32.2. The van der Waals surface area contributed by atoms with Crippen molar-refractivity contribution in [3.8, 4) is 11.5 Å². The molecule has 4 rings (SSSR count). The third-order valence-corrected chi connectivity index (χ3v) is 6.04. The second-order valence-corrected chi connectivity index (χ2v) is 7.75. The molecule has 2 atom stereocenters. The normalized spacial score (nSPS) is 25.4. The number of fused-ring (bicyclic) bond motifs is 3. The Labute approximate surface area is 147 Å². The maximum atomic E-state index is 12.7. The molecule has 24 heavy (non-hydrogen) atoms. The highest BCUT2D eigenvalue weighted by Crippen LogP contribution is 2.35. The molecule has 2 fully saturated rings. The van der Waals surface area contributed by atoms with E-state index in [4.69, 9.17) is 9.47 Å². The largest absolute Gasteiger partial charge is 0.486 e. The maximum Gasteiger partial charge on any atom is 0.223 e. The minimum absolute atomic E-state index is 0.316. The summed E-state index contributed by atoms with van der Waals surface area (Å²) in [6.07, 6.45) is 4.02.